The lowest BCUT2D eigenvalue weighted by Crippen LogP contribution is -2.12. The number of hydrogen-bond donors (Lipinski definition) is 1. The molecule has 0 fully saturated rings. The van der Waals surface area contributed by atoms with Gasteiger partial charge in [-0.15, -0.1) is 0 Å². The van der Waals surface area contributed by atoms with Crippen LogP contribution in [-0.4, -0.2) is 0 Å². The Balaban J connectivity index is 2.05. The molecule has 0 aromatic heterocycles. The van der Waals surface area contributed by atoms with E-state index in [4.69, 9.17) is 0 Å². The average molecular weight is 194 g/mol. The molecular formula is C14H12N. The summed E-state index contributed by atoms with van der Waals surface area (Å²) in [6.07, 6.45) is 0. The molecule has 1 heterocycles. The molecule has 2 aromatic carbocycles. The van der Waals surface area contributed by atoms with Crippen molar-refractivity contribution in [3.63, 3.8) is 0 Å². The summed E-state index contributed by atoms with van der Waals surface area (Å²) in [7, 11) is 0. The molecule has 3 rings (SSSR count). The van der Waals surface area contributed by atoms with Crippen LogP contribution in [0.15, 0.2) is 48.5 Å². The second kappa shape index (κ2) is 3.52. The van der Waals surface area contributed by atoms with E-state index in [0.29, 0.717) is 6.04 Å². The Morgan fingerprint density at radius 3 is 2.80 bits per heavy atom. The van der Waals surface area contributed by atoms with E-state index >= 15 is 0 Å². The fraction of sp³-hybridized carbons (Fsp3) is 0.143. The first-order valence-corrected chi connectivity index (χ1v) is 5.23. The summed E-state index contributed by atoms with van der Waals surface area (Å²) in [6.45, 7) is 0.926. The van der Waals surface area contributed by atoms with Crippen LogP contribution >= 0.6 is 0 Å². The zero-order valence-corrected chi connectivity index (χ0v) is 8.40. The first kappa shape index (κ1) is 8.69. The van der Waals surface area contributed by atoms with Crippen molar-refractivity contribution >= 4 is 0 Å². The zero-order valence-electron chi connectivity index (χ0n) is 8.40. The standard InChI is InChI=1S/C14H12N/c1-2-6-11(7-3-1)14-13-9-5-4-8-12(13)10-15-14/h1-7,9,14-15H,10H2. The van der Waals surface area contributed by atoms with E-state index in [9.17, 15) is 0 Å². The van der Waals surface area contributed by atoms with E-state index in [2.05, 4.69) is 53.8 Å². The van der Waals surface area contributed by atoms with Gasteiger partial charge in [-0.1, -0.05) is 48.5 Å². The topological polar surface area (TPSA) is 12.0 Å². The van der Waals surface area contributed by atoms with Crippen molar-refractivity contribution < 1.29 is 0 Å². The van der Waals surface area contributed by atoms with Gasteiger partial charge in [0.2, 0.25) is 0 Å². The van der Waals surface area contributed by atoms with Crippen LogP contribution in [0, 0.1) is 6.07 Å². The predicted octanol–water partition coefficient (Wildman–Crippen LogP) is 2.68. The Morgan fingerprint density at radius 2 is 1.93 bits per heavy atom. The van der Waals surface area contributed by atoms with E-state index in [1.54, 1.807) is 0 Å². The molecule has 0 saturated heterocycles. The normalized spacial score (nSPS) is 18.8. The molecule has 2 aromatic rings. The summed E-state index contributed by atoms with van der Waals surface area (Å²) in [5.41, 5.74) is 3.99. The molecule has 1 aliphatic rings. The third kappa shape index (κ3) is 1.45. The number of fused-ring (bicyclic) bond motifs is 1. The lowest BCUT2D eigenvalue weighted by molar-refractivity contribution is 0.667. The molecule has 15 heavy (non-hydrogen) atoms. The molecule has 1 unspecified atom stereocenters. The first-order valence-electron chi connectivity index (χ1n) is 5.23. The van der Waals surface area contributed by atoms with Crippen LogP contribution in [0.1, 0.15) is 22.7 Å². The molecule has 0 spiro atoms. The first-order chi connectivity index (χ1) is 7.45. The molecule has 0 bridgehead atoms. The van der Waals surface area contributed by atoms with E-state index in [-0.39, 0.29) is 0 Å². The van der Waals surface area contributed by atoms with Gasteiger partial charge >= 0.3 is 0 Å². The Bertz CT molecular complexity index is 462. The van der Waals surface area contributed by atoms with Gasteiger partial charge < -0.3 is 5.32 Å². The molecule has 73 valence electrons. The summed E-state index contributed by atoms with van der Waals surface area (Å²) in [5.74, 6) is 0. The van der Waals surface area contributed by atoms with Gasteiger partial charge in [0.05, 0.1) is 6.04 Å². The molecular weight excluding hydrogens is 182 g/mol. The highest BCUT2D eigenvalue weighted by atomic mass is 14.9. The van der Waals surface area contributed by atoms with Gasteiger partial charge in [-0.25, -0.2) is 0 Å². The van der Waals surface area contributed by atoms with Crippen molar-refractivity contribution in [2.45, 2.75) is 12.6 Å². The van der Waals surface area contributed by atoms with Crippen molar-refractivity contribution in [2.24, 2.45) is 0 Å². The highest BCUT2D eigenvalue weighted by Gasteiger charge is 2.22. The monoisotopic (exact) mass is 194 g/mol. The van der Waals surface area contributed by atoms with E-state index < -0.39 is 0 Å². The largest absolute Gasteiger partial charge is 0.302 e. The van der Waals surface area contributed by atoms with Crippen LogP contribution < -0.4 is 5.32 Å². The highest BCUT2D eigenvalue weighted by molar-refractivity contribution is 5.40. The molecule has 1 N–H and O–H groups in total. The summed E-state index contributed by atoms with van der Waals surface area (Å²) >= 11 is 0. The van der Waals surface area contributed by atoms with Gasteiger partial charge in [0.15, 0.2) is 0 Å². The lowest BCUT2D eigenvalue weighted by atomic mass is 9.99. The second-order valence-corrected chi connectivity index (χ2v) is 3.83. The van der Waals surface area contributed by atoms with Gasteiger partial charge in [-0.3, -0.25) is 0 Å². The van der Waals surface area contributed by atoms with Gasteiger partial charge in [0, 0.05) is 6.54 Å². The van der Waals surface area contributed by atoms with Crippen molar-refractivity contribution in [1.29, 1.82) is 0 Å². The molecule has 1 heteroatoms. The van der Waals surface area contributed by atoms with Crippen molar-refractivity contribution in [2.75, 3.05) is 0 Å². The molecule has 1 atom stereocenters. The Morgan fingerprint density at radius 1 is 1.07 bits per heavy atom. The van der Waals surface area contributed by atoms with Crippen LogP contribution in [0.25, 0.3) is 0 Å². The van der Waals surface area contributed by atoms with Crippen LogP contribution in [-0.2, 0) is 6.54 Å². The van der Waals surface area contributed by atoms with Crippen LogP contribution in [0.2, 0.25) is 0 Å². The smallest absolute Gasteiger partial charge is 0.0582 e. The van der Waals surface area contributed by atoms with Gasteiger partial charge in [-0.05, 0) is 22.8 Å². The Kier molecular flexibility index (Phi) is 2.04. The molecule has 0 saturated carbocycles. The molecule has 1 nitrogen and oxygen atoms in total. The summed E-state index contributed by atoms with van der Waals surface area (Å²) in [5, 5.41) is 3.51. The number of hydrogen-bond acceptors (Lipinski definition) is 1. The maximum atomic E-state index is 3.51. The molecule has 0 aliphatic carbocycles. The Labute approximate surface area is 89.8 Å². The Hall–Kier alpha value is -1.60. The van der Waals surface area contributed by atoms with E-state index in [0.717, 1.165) is 6.54 Å². The van der Waals surface area contributed by atoms with Crippen LogP contribution in [0.4, 0.5) is 0 Å². The predicted molar refractivity (Wildman–Crippen MR) is 60.4 cm³/mol. The summed E-state index contributed by atoms with van der Waals surface area (Å²) in [6, 6.07) is 20.4. The maximum absolute atomic E-state index is 3.51. The van der Waals surface area contributed by atoms with Gasteiger partial charge in [0.25, 0.3) is 0 Å². The third-order valence-corrected chi connectivity index (χ3v) is 2.90. The summed E-state index contributed by atoms with van der Waals surface area (Å²) in [4.78, 5) is 0. The van der Waals surface area contributed by atoms with Crippen molar-refractivity contribution in [3.05, 3.63) is 71.3 Å². The second-order valence-electron chi connectivity index (χ2n) is 3.83. The highest BCUT2D eigenvalue weighted by Crippen LogP contribution is 2.29. The van der Waals surface area contributed by atoms with Crippen molar-refractivity contribution in [3.8, 4) is 0 Å². The number of rotatable bonds is 1. The third-order valence-electron chi connectivity index (χ3n) is 2.90. The van der Waals surface area contributed by atoms with Gasteiger partial charge in [-0.2, -0.15) is 0 Å². The van der Waals surface area contributed by atoms with E-state index in [1.165, 1.54) is 16.7 Å². The fourth-order valence-corrected chi connectivity index (χ4v) is 2.16. The summed E-state index contributed by atoms with van der Waals surface area (Å²) < 4.78 is 0. The number of nitrogens with one attached hydrogen (secondary N) is 1. The zero-order chi connectivity index (χ0) is 10.1. The van der Waals surface area contributed by atoms with Crippen LogP contribution in [0.5, 0.6) is 0 Å². The maximum Gasteiger partial charge on any atom is 0.0582 e. The average Bonchev–Trinajstić information content (AvgIpc) is 2.74. The SMILES string of the molecule is [c]1cccc2c1CNC2c1ccccc1. The number of benzene rings is 2. The minimum Gasteiger partial charge on any atom is -0.302 e. The van der Waals surface area contributed by atoms with Gasteiger partial charge in [0.1, 0.15) is 0 Å². The molecule has 0 amide bonds. The van der Waals surface area contributed by atoms with E-state index in [1.807, 2.05) is 6.07 Å². The fourth-order valence-electron chi connectivity index (χ4n) is 2.16. The lowest BCUT2D eigenvalue weighted by Gasteiger charge is -2.11. The van der Waals surface area contributed by atoms with Crippen molar-refractivity contribution in [1.82, 2.24) is 5.32 Å². The minimum absolute atomic E-state index is 0.346. The minimum atomic E-state index is 0.346. The molecule has 1 aliphatic heterocycles. The quantitative estimate of drug-likeness (QED) is 0.736. The molecule has 1 radical (unpaired) electrons. The van der Waals surface area contributed by atoms with Crippen LogP contribution in [0.3, 0.4) is 0 Å².